The van der Waals surface area contributed by atoms with Crippen LogP contribution in [-0.4, -0.2) is 66.3 Å². The normalized spacial score (nSPS) is 24.2. The number of carbonyl (C=O) groups excluding carboxylic acids is 2. The van der Waals surface area contributed by atoms with Crippen LogP contribution in [0, 0.1) is 17.4 Å². The quantitative estimate of drug-likeness (QED) is 0.320. The molecule has 8 nitrogen and oxygen atoms in total. The third-order valence-electron chi connectivity index (χ3n) is 5.26. The molecule has 2 amide bonds. The number of nitrogens with one attached hydrogen (secondary N) is 2. The molecule has 1 atom stereocenters. The van der Waals surface area contributed by atoms with E-state index in [0.717, 1.165) is 38.8 Å². The van der Waals surface area contributed by atoms with Crippen molar-refractivity contribution in [2.45, 2.75) is 51.0 Å². The number of hydrogen-bond acceptors (Lipinski definition) is 4. The van der Waals surface area contributed by atoms with E-state index in [9.17, 15) is 9.59 Å². The Balaban J connectivity index is 1.60. The minimum atomic E-state index is -0.442. The van der Waals surface area contributed by atoms with Gasteiger partial charge >= 0.3 is 0 Å². The summed E-state index contributed by atoms with van der Waals surface area (Å²) in [5.41, 5.74) is 0. The van der Waals surface area contributed by atoms with Gasteiger partial charge in [-0.15, -0.1) is 0 Å². The lowest BCUT2D eigenvalue weighted by Gasteiger charge is -2.27. The van der Waals surface area contributed by atoms with Gasteiger partial charge in [0.25, 0.3) is 0 Å². The molecule has 0 aromatic rings. The number of likely N-dealkylation sites (tertiary alicyclic amines) is 2. The highest BCUT2D eigenvalue weighted by molar-refractivity contribution is 5.92. The highest BCUT2D eigenvalue weighted by Crippen LogP contribution is 2.28. The van der Waals surface area contributed by atoms with Crippen molar-refractivity contribution in [2.75, 3.05) is 32.7 Å². The topological polar surface area (TPSA) is 101 Å². The molecule has 0 aromatic carbocycles. The number of carbonyl (C=O) groups is 2. The van der Waals surface area contributed by atoms with Gasteiger partial charge in [0.15, 0.2) is 6.19 Å². The van der Waals surface area contributed by atoms with Crippen LogP contribution in [0.4, 0.5) is 0 Å². The van der Waals surface area contributed by atoms with Crippen molar-refractivity contribution in [1.29, 1.82) is 5.26 Å². The van der Waals surface area contributed by atoms with E-state index in [4.69, 9.17) is 5.26 Å². The van der Waals surface area contributed by atoms with E-state index in [-0.39, 0.29) is 18.4 Å². The van der Waals surface area contributed by atoms with Gasteiger partial charge in [-0.1, -0.05) is 0 Å². The van der Waals surface area contributed by atoms with E-state index in [2.05, 4.69) is 15.6 Å². The Morgan fingerprint density at radius 3 is 2.58 bits per heavy atom. The van der Waals surface area contributed by atoms with E-state index < -0.39 is 6.04 Å². The number of hydrogen-bond donors (Lipinski definition) is 2. The second-order valence-corrected chi connectivity index (χ2v) is 7.41. The summed E-state index contributed by atoms with van der Waals surface area (Å²) < 4.78 is 0. The van der Waals surface area contributed by atoms with Gasteiger partial charge in [-0.05, 0) is 50.9 Å². The summed E-state index contributed by atoms with van der Waals surface area (Å²) in [5, 5.41) is 14.6. The van der Waals surface area contributed by atoms with Crippen LogP contribution in [0.2, 0.25) is 0 Å². The zero-order chi connectivity index (χ0) is 18.4. The average Bonchev–Trinajstić information content (AvgIpc) is 3.33. The summed E-state index contributed by atoms with van der Waals surface area (Å²) in [5.74, 6) is 0.931. The van der Waals surface area contributed by atoms with Crippen LogP contribution in [0.5, 0.6) is 0 Å². The fourth-order valence-electron chi connectivity index (χ4n) is 3.49. The molecule has 1 aliphatic carbocycles. The van der Waals surface area contributed by atoms with E-state index in [1.54, 1.807) is 4.90 Å². The molecule has 1 unspecified atom stereocenters. The Hall–Kier alpha value is -2.30. The second-order valence-electron chi connectivity index (χ2n) is 7.41. The van der Waals surface area contributed by atoms with Crippen molar-refractivity contribution in [2.24, 2.45) is 10.9 Å². The number of aliphatic imine (C=N–C) groups is 1. The second kappa shape index (κ2) is 8.88. The maximum Gasteiger partial charge on any atom is 0.245 e. The van der Waals surface area contributed by atoms with Gasteiger partial charge in [0.05, 0.1) is 6.54 Å². The Morgan fingerprint density at radius 2 is 1.88 bits per heavy atom. The van der Waals surface area contributed by atoms with Crippen molar-refractivity contribution >= 4 is 17.8 Å². The molecule has 1 saturated carbocycles. The van der Waals surface area contributed by atoms with Crippen LogP contribution >= 0.6 is 0 Å². The molecule has 2 heterocycles. The van der Waals surface area contributed by atoms with Crippen molar-refractivity contribution < 1.29 is 9.59 Å². The van der Waals surface area contributed by atoms with Crippen LogP contribution < -0.4 is 10.6 Å². The Kier molecular flexibility index (Phi) is 6.31. The molecule has 0 aromatic heterocycles. The predicted octanol–water partition coefficient (Wildman–Crippen LogP) is 0.416. The first kappa shape index (κ1) is 18.5. The fourth-order valence-corrected chi connectivity index (χ4v) is 3.49. The maximum atomic E-state index is 12.9. The first-order valence-electron chi connectivity index (χ1n) is 9.70. The standard InChI is InChI=1S/C18H28N6O2/c19-13-21-18(20-11-14-6-7-14)22-15-5-1-2-10-24(17(15)26)12-16(25)23-8-3-4-9-23/h14-15H,1-12H2,(H2,20,21,22). The molecular formula is C18H28N6O2. The Morgan fingerprint density at radius 1 is 1.15 bits per heavy atom. The number of guanidine groups is 1. The van der Waals surface area contributed by atoms with E-state index in [1.165, 1.54) is 12.8 Å². The summed E-state index contributed by atoms with van der Waals surface area (Å²) >= 11 is 0. The molecule has 2 N–H and O–H groups in total. The van der Waals surface area contributed by atoms with E-state index in [1.807, 2.05) is 11.1 Å². The summed E-state index contributed by atoms with van der Waals surface area (Å²) in [7, 11) is 0. The minimum Gasteiger partial charge on any atom is -0.344 e. The summed E-state index contributed by atoms with van der Waals surface area (Å²) in [6.07, 6.45) is 8.81. The monoisotopic (exact) mass is 360 g/mol. The third kappa shape index (κ3) is 5.10. The van der Waals surface area contributed by atoms with Crippen LogP contribution in [-0.2, 0) is 9.59 Å². The number of nitrogens with zero attached hydrogens (tertiary/aromatic N) is 4. The Bertz CT molecular complexity index is 589. The van der Waals surface area contributed by atoms with Crippen LogP contribution in [0.15, 0.2) is 4.99 Å². The smallest absolute Gasteiger partial charge is 0.245 e. The zero-order valence-electron chi connectivity index (χ0n) is 15.2. The number of amides is 2. The van der Waals surface area contributed by atoms with Gasteiger partial charge in [0.2, 0.25) is 17.8 Å². The van der Waals surface area contributed by atoms with Crippen molar-refractivity contribution in [3.05, 3.63) is 0 Å². The lowest BCUT2D eigenvalue weighted by atomic mass is 10.1. The number of nitriles is 1. The summed E-state index contributed by atoms with van der Waals surface area (Å²) in [6.45, 7) is 3.03. The fraction of sp³-hybridized carbons (Fsp3) is 0.778. The molecule has 26 heavy (non-hydrogen) atoms. The zero-order valence-corrected chi connectivity index (χ0v) is 15.2. The summed E-state index contributed by atoms with van der Waals surface area (Å²) in [6, 6.07) is -0.442. The van der Waals surface area contributed by atoms with Gasteiger partial charge in [-0.2, -0.15) is 5.26 Å². The van der Waals surface area contributed by atoms with Gasteiger partial charge in [0.1, 0.15) is 6.04 Å². The molecule has 2 saturated heterocycles. The maximum absolute atomic E-state index is 12.9. The van der Waals surface area contributed by atoms with E-state index in [0.29, 0.717) is 31.4 Å². The van der Waals surface area contributed by atoms with Gasteiger partial charge in [0, 0.05) is 26.2 Å². The van der Waals surface area contributed by atoms with Crippen LogP contribution in [0.25, 0.3) is 0 Å². The molecule has 3 rings (SSSR count). The van der Waals surface area contributed by atoms with E-state index >= 15 is 0 Å². The van der Waals surface area contributed by atoms with Gasteiger partial charge < -0.3 is 15.1 Å². The highest BCUT2D eigenvalue weighted by Gasteiger charge is 2.30. The first-order chi connectivity index (χ1) is 12.7. The molecule has 0 bridgehead atoms. The number of rotatable bonds is 5. The van der Waals surface area contributed by atoms with Crippen molar-refractivity contribution in [1.82, 2.24) is 20.4 Å². The van der Waals surface area contributed by atoms with Crippen LogP contribution in [0.3, 0.4) is 0 Å². The highest BCUT2D eigenvalue weighted by atomic mass is 16.2. The largest absolute Gasteiger partial charge is 0.344 e. The Labute approximate surface area is 154 Å². The van der Waals surface area contributed by atoms with Crippen molar-refractivity contribution in [3.8, 4) is 6.19 Å². The third-order valence-corrected chi connectivity index (χ3v) is 5.26. The molecular weight excluding hydrogens is 332 g/mol. The van der Waals surface area contributed by atoms with Gasteiger partial charge in [-0.25, -0.2) is 0 Å². The predicted molar refractivity (Wildman–Crippen MR) is 96.9 cm³/mol. The molecule has 8 heteroatoms. The lowest BCUT2D eigenvalue weighted by Crippen LogP contribution is -2.52. The molecule has 142 valence electrons. The molecule has 2 aliphatic heterocycles. The van der Waals surface area contributed by atoms with Gasteiger partial charge in [-0.3, -0.25) is 19.9 Å². The lowest BCUT2D eigenvalue weighted by molar-refractivity contribution is -0.140. The summed E-state index contributed by atoms with van der Waals surface area (Å²) in [4.78, 5) is 33.3. The minimum absolute atomic E-state index is 0.0364. The van der Waals surface area contributed by atoms with Crippen LogP contribution in [0.1, 0.15) is 44.9 Å². The molecule has 3 fully saturated rings. The van der Waals surface area contributed by atoms with Crippen molar-refractivity contribution in [3.63, 3.8) is 0 Å². The molecule has 3 aliphatic rings. The average molecular weight is 360 g/mol. The molecule has 0 radical (unpaired) electrons. The first-order valence-corrected chi connectivity index (χ1v) is 9.70. The molecule has 0 spiro atoms. The SMILES string of the molecule is N#CNC(=NCC1CC1)NC1CCCCN(CC(=O)N2CCCC2)C1=O.